The van der Waals surface area contributed by atoms with Crippen LogP contribution in [0.4, 0.5) is 5.69 Å². The molecule has 0 saturated carbocycles. The molecule has 1 unspecified atom stereocenters. The Kier molecular flexibility index (Phi) is 5.07. The minimum Gasteiger partial charge on any atom is -0.328 e. The molecule has 2 aromatic rings. The van der Waals surface area contributed by atoms with Crippen molar-refractivity contribution in [1.29, 1.82) is 0 Å². The first-order valence-corrected chi connectivity index (χ1v) is 6.92. The van der Waals surface area contributed by atoms with Crippen LogP contribution in [-0.2, 0) is 4.79 Å². The molecule has 0 radical (unpaired) electrons. The molecule has 1 aromatic heterocycles. The summed E-state index contributed by atoms with van der Waals surface area (Å²) in [6.07, 6.45) is 5.55. The van der Waals surface area contributed by atoms with Crippen LogP contribution in [0.15, 0.2) is 36.7 Å². The van der Waals surface area contributed by atoms with Gasteiger partial charge in [0.1, 0.15) is 0 Å². The van der Waals surface area contributed by atoms with Crippen molar-refractivity contribution in [2.45, 2.75) is 13.3 Å². The molecular weight excluding hydrogens is 250 g/mol. The smallest absolute Gasteiger partial charge is 0.211 e. The average Bonchev–Trinajstić information content (AvgIpc) is 2.84. The largest absolute Gasteiger partial charge is 0.328 e. The Bertz CT molecular complexity index is 557. The summed E-state index contributed by atoms with van der Waals surface area (Å²) in [5, 5.41) is 4.67. The third-order valence-electron chi connectivity index (χ3n) is 3.52. The van der Waals surface area contributed by atoms with E-state index in [1.165, 1.54) is 19.5 Å². The second-order valence-corrected chi connectivity index (χ2v) is 5.32. The van der Waals surface area contributed by atoms with Crippen molar-refractivity contribution < 1.29 is 4.79 Å². The predicted molar refractivity (Wildman–Crippen MR) is 82.7 cm³/mol. The van der Waals surface area contributed by atoms with E-state index in [-0.39, 0.29) is 0 Å². The lowest BCUT2D eigenvalue weighted by Gasteiger charge is -2.03. The fraction of sp³-hybridized carbons (Fsp3) is 0.375. The van der Waals surface area contributed by atoms with E-state index in [1.54, 1.807) is 12.4 Å². The van der Waals surface area contributed by atoms with Gasteiger partial charge in [-0.25, -0.2) is 0 Å². The third-order valence-corrected chi connectivity index (χ3v) is 3.52. The molecule has 0 bridgehead atoms. The van der Waals surface area contributed by atoms with E-state index < -0.39 is 0 Å². The molecule has 1 N–H and O–H groups in total. The number of hydrogen-bond acceptors (Lipinski definition) is 3. The summed E-state index contributed by atoms with van der Waals surface area (Å²) in [6, 6.07) is 7.58. The summed E-state index contributed by atoms with van der Waals surface area (Å²) < 4.78 is 0. The van der Waals surface area contributed by atoms with Gasteiger partial charge in [-0.05, 0) is 38.1 Å². The van der Waals surface area contributed by atoms with Crippen LogP contribution < -0.4 is 5.32 Å². The van der Waals surface area contributed by atoms with Crippen LogP contribution >= 0.6 is 0 Å². The average molecular weight is 271 g/mol. The van der Waals surface area contributed by atoms with E-state index >= 15 is 0 Å². The number of nitrogens with zero attached hydrogens (tertiary/aromatic N) is 2. The monoisotopic (exact) mass is 271 g/mol. The topological polar surface area (TPSA) is 45.2 Å². The van der Waals surface area contributed by atoms with Crippen LogP contribution in [-0.4, -0.2) is 36.4 Å². The molecule has 106 valence electrons. The van der Waals surface area contributed by atoms with Gasteiger partial charge in [-0.3, -0.25) is 9.78 Å². The molecular formula is C16H21N3O. The van der Waals surface area contributed by atoms with Gasteiger partial charge in [0, 0.05) is 35.4 Å². The van der Waals surface area contributed by atoms with Crippen molar-refractivity contribution in [2.24, 2.45) is 5.92 Å². The Morgan fingerprint density at radius 2 is 2.25 bits per heavy atom. The quantitative estimate of drug-likeness (QED) is 0.854. The lowest BCUT2D eigenvalue weighted by atomic mass is 10.1. The van der Waals surface area contributed by atoms with E-state index in [0.717, 1.165) is 22.4 Å². The fourth-order valence-corrected chi connectivity index (χ4v) is 2.47. The first-order valence-electron chi connectivity index (χ1n) is 6.92. The molecule has 1 atom stereocenters. The second kappa shape index (κ2) is 7.01. The molecule has 2 heterocycles. The maximum absolute atomic E-state index is 10.3. The van der Waals surface area contributed by atoms with E-state index in [0.29, 0.717) is 6.41 Å². The molecule has 1 aromatic carbocycles. The number of amides is 1. The number of carbonyl (C=O) groups is 1. The summed E-state index contributed by atoms with van der Waals surface area (Å²) in [7, 11) is 2.18. The number of rotatable bonds is 2. The van der Waals surface area contributed by atoms with E-state index in [4.69, 9.17) is 0 Å². The number of benzene rings is 1. The highest BCUT2D eigenvalue weighted by atomic mass is 16.1. The third kappa shape index (κ3) is 3.78. The Labute approximate surface area is 119 Å². The number of carbonyl (C=O) groups excluding carboxylic acids is 1. The first kappa shape index (κ1) is 14.5. The highest BCUT2D eigenvalue weighted by molar-refractivity contribution is 5.96. The zero-order valence-corrected chi connectivity index (χ0v) is 12.0. The highest BCUT2D eigenvalue weighted by Crippen LogP contribution is 2.21. The first-order chi connectivity index (χ1) is 9.70. The number of fused-ring (bicyclic) bond motifs is 1. The number of pyridine rings is 1. The molecule has 1 saturated heterocycles. The normalized spacial score (nSPS) is 18.4. The van der Waals surface area contributed by atoms with Gasteiger partial charge in [-0.1, -0.05) is 19.1 Å². The molecule has 4 heteroatoms. The van der Waals surface area contributed by atoms with Gasteiger partial charge >= 0.3 is 0 Å². The van der Waals surface area contributed by atoms with Crippen molar-refractivity contribution in [1.82, 2.24) is 9.88 Å². The lowest BCUT2D eigenvalue weighted by Crippen LogP contribution is -2.12. The SMILES string of the molecule is CC1CCN(C)C1.O=CNc1cccc2cnccc12. The van der Waals surface area contributed by atoms with Crippen LogP contribution in [0, 0.1) is 5.92 Å². The zero-order valence-electron chi connectivity index (χ0n) is 12.0. The van der Waals surface area contributed by atoms with Crippen molar-refractivity contribution in [2.75, 3.05) is 25.5 Å². The summed E-state index contributed by atoms with van der Waals surface area (Å²) in [5.74, 6) is 0.949. The maximum Gasteiger partial charge on any atom is 0.211 e. The number of nitrogens with one attached hydrogen (secondary N) is 1. The van der Waals surface area contributed by atoms with Crippen LogP contribution in [0.2, 0.25) is 0 Å². The van der Waals surface area contributed by atoms with E-state index in [9.17, 15) is 4.79 Å². The molecule has 4 nitrogen and oxygen atoms in total. The zero-order chi connectivity index (χ0) is 14.4. The Hall–Kier alpha value is -1.94. The van der Waals surface area contributed by atoms with Crippen LogP contribution in [0.5, 0.6) is 0 Å². The van der Waals surface area contributed by atoms with Crippen LogP contribution in [0.25, 0.3) is 10.8 Å². The Morgan fingerprint density at radius 3 is 2.85 bits per heavy atom. The molecule has 3 rings (SSSR count). The minimum absolute atomic E-state index is 0.676. The van der Waals surface area contributed by atoms with Crippen molar-refractivity contribution in [3.63, 3.8) is 0 Å². The van der Waals surface area contributed by atoms with Gasteiger partial charge < -0.3 is 10.2 Å². The summed E-state index contributed by atoms with van der Waals surface area (Å²) in [6.45, 7) is 4.92. The lowest BCUT2D eigenvalue weighted by molar-refractivity contribution is -0.105. The number of hydrogen-bond donors (Lipinski definition) is 1. The summed E-state index contributed by atoms with van der Waals surface area (Å²) in [4.78, 5) is 16.7. The van der Waals surface area contributed by atoms with Gasteiger partial charge in [0.15, 0.2) is 0 Å². The van der Waals surface area contributed by atoms with Crippen molar-refractivity contribution in [3.05, 3.63) is 36.7 Å². The summed E-state index contributed by atoms with van der Waals surface area (Å²) >= 11 is 0. The second-order valence-electron chi connectivity index (χ2n) is 5.32. The van der Waals surface area contributed by atoms with Gasteiger partial charge in [0.25, 0.3) is 0 Å². The van der Waals surface area contributed by atoms with Crippen molar-refractivity contribution >= 4 is 22.9 Å². The molecule has 1 fully saturated rings. The Balaban J connectivity index is 0.000000178. The van der Waals surface area contributed by atoms with Gasteiger partial charge in [-0.2, -0.15) is 0 Å². The standard InChI is InChI=1S/C10H8N2O.C6H13N/c13-7-12-10-3-1-2-8-6-11-5-4-9(8)10;1-6-3-4-7(2)5-6/h1-7H,(H,12,13);6H,3-5H2,1-2H3. The molecule has 20 heavy (non-hydrogen) atoms. The van der Waals surface area contributed by atoms with E-state index in [1.807, 2.05) is 24.3 Å². The van der Waals surface area contributed by atoms with Crippen LogP contribution in [0.3, 0.4) is 0 Å². The molecule has 1 aliphatic rings. The van der Waals surface area contributed by atoms with Crippen molar-refractivity contribution in [3.8, 4) is 0 Å². The molecule has 1 amide bonds. The maximum atomic E-state index is 10.3. The van der Waals surface area contributed by atoms with E-state index in [2.05, 4.69) is 29.2 Å². The molecule has 0 aliphatic carbocycles. The van der Waals surface area contributed by atoms with Gasteiger partial charge in [-0.15, -0.1) is 0 Å². The molecule has 1 aliphatic heterocycles. The van der Waals surface area contributed by atoms with Gasteiger partial charge in [0.05, 0.1) is 0 Å². The highest BCUT2D eigenvalue weighted by Gasteiger charge is 2.13. The minimum atomic E-state index is 0.676. The molecule has 0 spiro atoms. The fourth-order valence-electron chi connectivity index (χ4n) is 2.47. The Morgan fingerprint density at radius 1 is 1.40 bits per heavy atom. The number of anilines is 1. The van der Waals surface area contributed by atoms with Crippen LogP contribution in [0.1, 0.15) is 13.3 Å². The van der Waals surface area contributed by atoms with Gasteiger partial charge in [0.2, 0.25) is 6.41 Å². The predicted octanol–water partition coefficient (Wildman–Crippen LogP) is 2.76. The summed E-state index contributed by atoms with van der Waals surface area (Å²) in [5.41, 5.74) is 0.815. The number of aromatic nitrogens is 1. The number of likely N-dealkylation sites (tertiary alicyclic amines) is 1.